The molecule has 15 rings (SSSR count). The van der Waals surface area contributed by atoms with E-state index in [9.17, 15) is 0 Å². The highest BCUT2D eigenvalue weighted by Crippen LogP contribution is 2.53. The van der Waals surface area contributed by atoms with Crippen molar-refractivity contribution in [2.45, 2.75) is 130 Å². The Balaban J connectivity index is 1.11. The van der Waals surface area contributed by atoms with Crippen molar-refractivity contribution in [3.8, 4) is 11.4 Å². The summed E-state index contributed by atoms with van der Waals surface area (Å²) in [5, 5.41) is 6.40. The van der Waals surface area contributed by atoms with E-state index in [-0.39, 0.29) is 33.8 Å². The fraction of sp³-hybridized carbons (Fsp3) is 0.263. The summed E-state index contributed by atoms with van der Waals surface area (Å²) in [4.78, 5) is 5.25. The maximum atomic E-state index is 2.72. The van der Waals surface area contributed by atoms with E-state index in [2.05, 4.69) is 291 Å². The van der Waals surface area contributed by atoms with Crippen LogP contribution in [0.25, 0.3) is 65.1 Å². The van der Waals surface area contributed by atoms with Crippen LogP contribution in [0.3, 0.4) is 0 Å². The third-order valence-electron chi connectivity index (χ3n) is 19.2. The first-order valence-corrected chi connectivity index (χ1v) is 30.6. The minimum absolute atomic E-state index is 0.00240. The molecule has 0 fully saturated rings. The Bertz CT molecular complexity index is 4560. The van der Waals surface area contributed by atoms with Crippen LogP contribution in [0.4, 0.5) is 34.1 Å². The molecule has 2 aliphatic heterocycles. The zero-order chi connectivity index (χ0) is 56.7. The molecule has 4 nitrogen and oxygen atoms in total. The molecule has 0 saturated carbocycles. The minimum atomic E-state index is -0.0321. The molecule has 82 heavy (non-hydrogen) atoms. The third kappa shape index (κ3) is 7.48. The molecule has 0 radical (unpaired) electrons. The van der Waals surface area contributed by atoms with Crippen molar-refractivity contribution < 1.29 is 0 Å². The molecule has 12 aromatic rings. The normalized spacial score (nSPS) is 15.4. The average molecular weight is 1090 g/mol. The predicted molar refractivity (Wildman–Crippen MR) is 356 cm³/mol. The van der Waals surface area contributed by atoms with Gasteiger partial charge in [0.15, 0.2) is 0 Å². The summed E-state index contributed by atoms with van der Waals surface area (Å²) in [6.07, 6.45) is 2.32. The number of thiophene rings is 1. The Kier molecular flexibility index (Phi) is 10.8. The van der Waals surface area contributed by atoms with Gasteiger partial charge >= 0.3 is 0 Å². The lowest BCUT2D eigenvalue weighted by Gasteiger charge is -2.44. The van der Waals surface area contributed by atoms with Crippen LogP contribution in [0.15, 0.2) is 182 Å². The molecule has 0 atom stereocenters. The molecule has 9 aromatic carbocycles. The Morgan fingerprint density at radius 2 is 1.05 bits per heavy atom. The van der Waals surface area contributed by atoms with Gasteiger partial charge < -0.3 is 18.9 Å². The van der Waals surface area contributed by atoms with Crippen molar-refractivity contribution in [2.24, 2.45) is 0 Å². The number of hydrogen-bond donors (Lipinski definition) is 0. The number of benzene rings is 9. The van der Waals surface area contributed by atoms with E-state index in [0.29, 0.717) is 0 Å². The van der Waals surface area contributed by atoms with Gasteiger partial charge in [-0.3, -0.25) is 0 Å². The summed E-state index contributed by atoms with van der Waals surface area (Å²) >= 11 is 2.01. The zero-order valence-corrected chi connectivity index (χ0v) is 50.8. The summed E-state index contributed by atoms with van der Waals surface area (Å²) in [6, 6.07) is 70.9. The summed E-state index contributed by atoms with van der Waals surface area (Å²) in [7, 11) is 0. The molecule has 0 bridgehead atoms. The predicted octanol–water partition coefficient (Wildman–Crippen LogP) is 19.4. The van der Waals surface area contributed by atoms with E-state index < -0.39 is 0 Å². The van der Waals surface area contributed by atoms with E-state index in [1.54, 1.807) is 0 Å². The molecule has 1 aliphatic carbocycles. The lowest BCUT2D eigenvalue weighted by atomic mass is 9.36. The quantitative estimate of drug-likeness (QED) is 0.160. The van der Waals surface area contributed by atoms with Gasteiger partial charge in [-0.25, -0.2) is 0 Å². The van der Waals surface area contributed by atoms with Gasteiger partial charge in [-0.15, -0.1) is 11.3 Å². The summed E-state index contributed by atoms with van der Waals surface area (Å²) in [6.45, 7) is 30.7. The van der Waals surface area contributed by atoms with Crippen molar-refractivity contribution in [3.05, 3.63) is 210 Å². The standard InChI is InChI=1S/C76H73BN4S/c1-72(2,3)46-26-31-50(32-27-46)78(51-33-28-47(29-34-51)73(4,5)6)53-44-63-67-64(45-53)81-62-39-37-55-54-22-17-18-25-61(54)79(49-20-15-14-16-21-49)69(55)66(62)57-23-19-24-60(68(57)81)77(67)71-70(56-36-30-48(74(7,8)9)42-65(56)82-71)80(63)52-35-38-58-59(43-52)76(12,13)41-40-75(58,10)11/h14-39,42-45H,40-41H2,1-13H3. The van der Waals surface area contributed by atoms with Gasteiger partial charge in [-0.2, -0.15) is 0 Å². The highest BCUT2D eigenvalue weighted by Gasteiger charge is 2.46. The van der Waals surface area contributed by atoms with Gasteiger partial charge in [0.1, 0.15) is 0 Å². The topological polar surface area (TPSA) is 16.3 Å². The Morgan fingerprint density at radius 1 is 0.451 bits per heavy atom. The van der Waals surface area contributed by atoms with E-state index in [0.717, 1.165) is 29.2 Å². The number of rotatable bonds is 5. The number of fused-ring (bicyclic) bond motifs is 14. The van der Waals surface area contributed by atoms with Crippen molar-refractivity contribution in [1.29, 1.82) is 0 Å². The minimum Gasteiger partial charge on any atom is -0.310 e. The molecule has 0 N–H and O–H groups in total. The first-order valence-electron chi connectivity index (χ1n) is 29.8. The Hall–Kier alpha value is -7.80. The van der Waals surface area contributed by atoms with Crippen molar-refractivity contribution in [1.82, 2.24) is 9.13 Å². The van der Waals surface area contributed by atoms with Crippen LogP contribution in [0.5, 0.6) is 0 Å². The molecule has 0 spiro atoms. The van der Waals surface area contributed by atoms with E-state index >= 15 is 0 Å². The Labute approximate surface area is 488 Å². The maximum Gasteiger partial charge on any atom is 0.264 e. The van der Waals surface area contributed by atoms with Crippen molar-refractivity contribution in [3.63, 3.8) is 0 Å². The van der Waals surface area contributed by atoms with Crippen LogP contribution < -0.4 is 25.5 Å². The molecule has 0 saturated heterocycles. The highest BCUT2D eigenvalue weighted by molar-refractivity contribution is 7.33. The van der Waals surface area contributed by atoms with Crippen molar-refractivity contribution >= 4 is 122 Å². The molecule has 3 aromatic heterocycles. The second kappa shape index (κ2) is 17.4. The number of aromatic nitrogens is 2. The van der Waals surface area contributed by atoms with E-state index in [4.69, 9.17) is 0 Å². The molecule has 0 amide bonds. The fourth-order valence-electron chi connectivity index (χ4n) is 14.6. The fourth-order valence-corrected chi connectivity index (χ4v) is 15.9. The number of hydrogen-bond acceptors (Lipinski definition) is 3. The van der Waals surface area contributed by atoms with Gasteiger partial charge in [-0.05, 0) is 158 Å². The SMILES string of the molecule is CC(C)(C)c1ccc(N(c2ccc(C(C)(C)C)cc2)c2cc3c4c(c2)-n2c5ccc6c7ccccc7n(-c7ccccc7)c6c5c5cccc(c52)B4c2sc4cc(C(C)(C)C)ccc4c2N3c2ccc3c(c2)C(C)(C)CCC3(C)C)cc1. The first-order chi connectivity index (χ1) is 39.1. The van der Waals surface area contributed by atoms with Gasteiger partial charge in [-0.1, -0.05) is 193 Å². The van der Waals surface area contributed by atoms with Crippen LogP contribution in [-0.2, 0) is 27.1 Å². The molecule has 0 unspecified atom stereocenters. The van der Waals surface area contributed by atoms with Gasteiger partial charge in [0.25, 0.3) is 6.71 Å². The van der Waals surface area contributed by atoms with Crippen LogP contribution in [0, 0.1) is 0 Å². The average Bonchev–Trinajstić information content (AvgIpc) is 1.61. The molecular weight excluding hydrogens is 1010 g/mol. The van der Waals surface area contributed by atoms with E-state index in [1.165, 1.54) is 126 Å². The number of nitrogens with zero attached hydrogens (tertiary/aromatic N) is 4. The maximum absolute atomic E-state index is 2.72. The lowest BCUT2D eigenvalue weighted by molar-refractivity contribution is 0.332. The lowest BCUT2D eigenvalue weighted by Crippen LogP contribution is -2.59. The summed E-state index contributed by atoms with van der Waals surface area (Å²) in [5.74, 6) is 0. The van der Waals surface area contributed by atoms with Gasteiger partial charge in [0, 0.05) is 76.0 Å². The second-order valence-electron chi connectivity index (χ2n) is 28.5. The number of anilines is 6. The second-order valence-corrected chi connectivity index (χ2v) is 29.6. The first kappa shape index (κ1) is 51.1. The monoisotopic (exact) mass is 1080 g/mol. The summed E-state index contributed by atoms with van der Waals surface area (Å²) < 4.78 is 7.95. The number of para-hydroxylation sites is 3. The van der Waals surface area contributed by atoms with E-state index in [1.807, 2.05) is 11.3 Å². The van der Waals surface area contributed by atoms with Crippen LogP contribution in [0.1, 0.15) is 131 Å². The van der Waals surface area contributed by atoms with Crippen LogP contribution in [0.2, 0.25) is 0 Å². The largest absolute Gasteiger partial charge is 0.310 e. The molecular formula is C76H73BN4S. The summed E-state index contributed by atoms with van der Waals surface area (Å²) in [5.41, 5.74) is 24.2. The van der Waals surface area contributed by atoms with Crippen molar-refractivity contribution in [2.75, 3.05) is 9.80 Å². The van der Waals surface area contributed by atoms with Crippen LogP contribution >= 0.6 is 11.3 Å². The molecule has 5 heterocycles. The third-order valence-corrected chi connectivity index (χ3v) is 20.4. The molecule has 6 heteroatoms. The van der Waals surface area contributed by atoms with Gasteiger partial charge in [0.2, 0.25) is 0 Å². The smallest absolute Gasteiger partial charge is 0.264 e. The molecule has 406 valence electrons. The highest BCUT2D eigenvalue weighted by atomic mass is 32.1. The Morgan fingerprint density at radius 3 is 1.72 bits per heavy atom. The van der Waals surface area contributed by atoms with Crippen LogP contribution in [-0.4, -0.2) is 15.8 Å². The van der Waals surface area contributed by atoms with Gasteiger partial charge in [0.05, 0.1) is 27.9 Å². The molecule has 3 aliphatic rings. The zero-order valence-electron chi connectivity index (χ0n) is 50.0.